The van der Waals surface area contributed by atoms with Crippen LogP contribution in [-0.2, 0) is 29.7 Å². The second-order valence-electron chi connectivity index (χ2n) is 7.34. The monoisotopic (exact) mass is 473 g/mol. The van der Waals surface area contributed by atoms with Crippen molar-refractivity contribution >= 4 is 35.4 Å². The zero-order valence-electron chi connectivity index (χ0n) is 16.5. The van der Waals surface area contributed by atoms with E-state index in [1.165, 1.54) is 18.2 Å². The molecule has 164 valence electrons. The normalized spacial score (nSPS) is 19.0. The number of nitrogens with one attached hydrogen (secondary N) is 1. The van der Waals surface area contributed by atoms with Gasteiger partial charge in [0.2, 0.25) is 0 Å². The molecule has 1 aliphatic rings. The Bertz CT molecular complexity index is 1230. The number of anilines is 1. The minimum Gasteiger partial charge on any atom is -0.491 e. The molecule has 2 aromatic carbocycles. The second-order valence-corrected chi connectivity index (χ2v) is 13.5. The number of sulfonamides is 1. The summed E-state index contributed by atoms with van der Waals surface area (Å²) in [5, 5.41) is -1.07. The number of hydrogen-bond donors (Lipinski definition) is 1. The lowest BCUT2D eigenvalue weighted by atomic mass is 10.3. The molecule has 2 aromatic rings. The topological polar surface area (TPSA) is 124 Å². The van der Waals surface area contributed by atoms with Crippen molar-refractivity contribution in [2.75, 3.05) is 16.2 Å². The fourth-order valence-corrected chi connectivity index (χ4v) is 8.69. The summed E-state index contributed by atoms with van der Waals surface area (Å²) in [5.74, 6) is -0.0463. The zero-order chi connectivity index (χ0) is 22.2. The van der Waals surface area contributed by atoms with E-state index in [9.17, 15) is 25.3 Å². The molecule has 0 spiro atoms. The number of rotatable bonds is 7. The highest BCUT2D eigenvalue weighted by atomic mass is 32.2. The number of benzene rings is 2. The van der Waals surface area contributed by atoms with Crippen LogP contribution in [0.15, 0.2) is 58.3 Å². The second kappa shape index (κ2) is 8.20. The Kier molecular flexibility index (Phi) is 6.17. The molecule has 0 radical (unpaired) electrons. The highest BCUT2D eigenvalue weighted by molar-refractivity contribution is 7.96. The highest BCUT2D eigenvalue weighted by Gasteiger charge is 2.38. The molecule has 1 saturated heterocycles. The van der Waals surface area contributed by atoms with Crippen molar-refractivity contribution in [3.8, 4) is 5.75 Å². The summed E-state index contributed by atoms with van der Waals surface area (Å²) in [4.78, 5) is -0.444. The van der Waals surface area contributed by atoms with Crippen molar-refractivity contribution in [1.82, 2.24) is 0 Å². The third kappa shape index (κ3) is 5.13. The molecule has 0 bridgehead atoms. The first kappa shape index (κ1) is 22.6. The lowest BCUT2D eigenvalue weighted by Crippen LogP contribution is -2.23. The van der Waals surface area contributed by atoms with Crippen LogP contribution in [0.5, 0.6) is 5.75 Å². The maximum atomic E-state index is 12.8. The fraction of sp³-hybridized carbons (Fsp3) is 0.368. The van der Waals surface area contributed by atoms with Crippen LogP contribution in [0.2, 0.25) is 0 Å². The van der Waals surface area contributed by atoms with Crippen LogP contribution < -0.4 is 9.46 Å². The Morgan fingerprint density at radius 3 is 2.20 bits per heavy atom. The van der Waals surface area contributed by atoms with Gasteiger partial charge in [-0.2, -0.15) is 0 Å². The molecule has 0 amide bonds. The molecule has 1 heterocycles. The van der Waals surface area contributed by atoms with E-state index in [2.05, 4.69) is 4.72 Å². The van der Waals surface area contributed by atoms with Crippen LogP contribution >= 0.6 is 0 Å². The quantitative estimate of drug-likeness (QED) is 0.654. The van der Waals surface area contributed by atoms with Gasteiger partial charge in [0, 0.05) is 5.69 Å². The largest absolute Gasteiger partial charge is 0.491 e. The van der Waals surface area contributed by atoms with Crippen LogP contribution in [0, 0.1) is 0 Å². The molecule has 1 atom stereocenters. The fourth-order valence-electron chi connectivity index (χ4n) is 3.10. The third-order valence-corrected chi connectivity index (χ3v) is 10.1. The Hall–Kier alpha value is -2.11. The minimum absolute atomic E-state index is 0.00465. The lowest BCUT2D eigenvalue weighted by Gasteiger charge is -2.13. The van der Waals surface area contributed by atoms with Crippen LogP contribution in [0.4, 0.5) is 5.69 Å². The van der Waals surface area contributed by atoms with Crippen LogP contribution in [0.1, 0.15) is 20.3 Å². The van der Waals surface area contributed by atoms with Crippen molar-refractivity contribution in [2.45, 2.75) is 41.4 Å². The van der Waals surface area contributed by atoms with Crippen molar-refractivity contribution in [3.63, 3.8) is 0 Å². The molecule has 1 N–H and O–H groups in total. The molecule has 1 aliphatic heterocycles. The standard InChI is InChI=1S/C19H23NO7S3/c1-14(2)27-16-8-6-15(7-9-16)20-30(25,26)18-5-3-4-17(12-18)29(23,24)19-10-11-28(21,22)13-19/h3-9,12,14,19-20H,10-11,13H2,1-2H3/t19-/m1/s1. The summed E-state index contributed by atoms with van der Waals surface area (Å²) in [5.41, 5.74) is 0.293. The lowest BCUT2D eigenvalue weighted by molar-refractivity contribution is 0.242. The van der Waals surface area contributed by atoms with Gasteiger partial charge in [0.15, 0.2) is 19.7 Å². The first-order chi connectivity index (χ1) is 13.9. The molecule has 0 unspecified atom stereocenters. The van der Waals surface area contributed by atoms with Gasteiger partial charge in [-0.05, 0) is 62.7 Å². The van der Waals surface area contributed by atoms with E-state index in [1.54, 1.807) is 24.3 Å². The zero-order valence-corrected chi connectivity index (χ0v) is 18.9. The van der Waals surface area contributed by atoms with E-state index < -0.39 is 40.7 Å². The maximum absolute atomic E-state index is 12.8. The van der Waals surface area contributed by atoms with Crippen LogP contribution in [0.3, 0.4) is 0 Å². The highest BCUT2D eigenvalue weighted by Crippen LogP contribution is 2.27. The van der Waals surface area contributed by atoms with Gasteiger partial charge in [-0.15, -0.1) is 0 Å². The summed E-state index contributed by atoms with van der Waals surface area (Å²) in [6, 6.07) is 11.3. The summed E-state index contributed by atoms with van der Waals surface area (Å²) >= 11 is 0. The number of sulfone groups is 2. The van der Waals surface area contributed by atoms with Crippen molar-refractivity contribution in [3.05, 3.63) is 48.5 Å². The Balaban J connectivity index is 1.84. The van der Waals surface area contributed by atoms with Gasteiger partial charge in [-0.1, -0.05) is 6.07 Å². The van der Waals surface area contributed by atoms with E-state index in [1.807, 2.05) is 13.8 Å². The number of ether oxygens (including phenoxy) is 1. The molecule has 30 heavy (non-hydrogen) atoms. The van der Waals surface area contributed by atoms with Gasteiger partial charge >= 0.3 is 0 Å². The summed E-state index contributed by atoms with van der Waals surface area (Å²) in [6.07, 6.45) is -0.0166. The van der Waals surface area contributed by atoms with Gasteiger partial charge in [-0.25, -0.2) is 25.3 Å². The Labute approximate surface area is 177 Å². The molecule has 11 heteroatoms. The smallest absolute Gasteiger partial charge is 0.261 e. The van der Waals surface area contributed by atoms with E-state index in [0.29, 0.717) is 11.4 Å². The first-order valence-corrected chi connectivity index (χ1v) is 14.1. The van der Waals surface area contributed by atoms with E-state index >= 15 is 0 Å². The molecule has 0 aromatic heterocycles. The molecule has 8 nitrogen and oxygen atoms in total. The average Bonchev–Trinajstić information content (AvgIpc) is 3.03. The van der Waals surface area contributed by atoms with Gasteiger partial charge in [0.1, 0.15) is 5.75 Å². The van der Waals surface area contributed by atoms with Gasteiger partial charge < -0.3 is 4.74 Å². The predicted octanol–water partition coefficient (Wildman–Crippen LogP) is 2.24. The summed E-state index contributed by atoms with van der Waals surface area (Å²) in [7, 11) is -11.4. The Morgan fingerprint density at radius 2 is 1.63 bits per heavy atom. The minimum atomic E-state index is -4.05. The Morgan fingerprint density at radius 1 is 1.00 bits per heavy atom. The van der Waals surface area contributed by atoms with Gasteiger partial charge in [0.25, 0.3) is 10.0 Å². The van der Waals surface area contributed by atoms with Crippen molar-refractivity contribution in [2.24, 2.45) is 0 Å². The van der Waals surface area contributed by atoms with Crippen LogP contribution in [0.25, 0.3) is 0 Å². The maximum Gasteiger partial charge on any atom is 0.261 e. The summed E-state index contributed by atoms with van der Waals surface area (Å²) in [6.45, 7) is 3.75. The van der Waals surface area contributed by atoms with Crippen molar-refractivity contribution in [1.29, 1.82) is 0 Å². The van der Waals surface area contributed by atoms with E-state index in [0.717, 1.165) is 6.07 Å². The van der Waals surface area contributed by atoms with E-state index in [-0.39, 0.29) is 28.1 Å². The predicted molar refractivity (Wildman–Crippen MR) is 114 cm³/mol. The number of hydrogen-bond acceptors (Lipinski definition) is 7. The van der Waals surface area contributed by atoms with Gasteiger partial charge in [0.05, 0.1) is 32.7 Å². The molecular formula is C19H23NO7S3. The third-order valence-electron chi connectivity index (χ3n) is 4.55. The average molecular weight is 474 g/mol. The molecule has 1 fully saturated rings. The molecule has 0 saturated carbocycles. The SMILES string of the molecule is CC(C)Oc1ccc(NS(=O)(=O)c2cccc(S(=O)(=O)[C@@H]3CCS(=O)(=O)C3)c2)cc1. The van der Waals surface area contributed by atoms with Crippen LogP contribution in [-0.4, -0.2) is 48.1 Å². The molecule has 3 rings (SSSR count). The molecule has 0 aliphatic carbocycles. The summed E-state index contributed by atoms with van der Waals surface area (Å²) < 4.78 is 82.3. The first-order valence-electron chi connectivity index (χ1n) is 9.23. The molecular weight excluding hydrogens is 450 g/mol. The van der Waals surface area contributed by atoms with Crippen molar-refractivity contribution < 1.29 is 30.0 Å². The van der Waals surface area contributed by atoms with E-state index in [4.69, 9.17) is 4.74 Å². The van der Waals surface area contributed by atoms with Gasteiger partial charge in [-0.3, -0.25) is 4.72 Å².